The molecule has 0 saturated carbocycles. The molecule has 3 nitrogen and oxygen atoms in total. The molecular formula is C15H13ClFN3. The van der Waals surface area contributed by atoms with Gasteiger partial charge in [-0.3, -0.25) is 0 Å². The Morgan fingerprint density at radius 2 is 2.10 bits per heavy atom. The molecule has 0 unspecified atom stereocenters. The second-order valence-electron chi connectivity index (χ2n) is 4.66. The van der Waals surface area contributed by atoms with Crippen LogP contribution in [0.5, 0.6) is 0 Å². The summed E-state index contributed by atoms with van der Waals surface area (Å²) >= 11 is 5.94. The van der Waals surface area contributed by atoms with Crippen LogP contribution in [0.15, 0.2) is 42.7 Å². The summed E-state index contributed by atoms with van der Waals surface area (Å²) in [5.41, 5.74) is 3.52. The first-order valence-corrected chi connectivity index (χ1v) is 6.63. The lowest BCUT2D eigenvalue weighted by Gasteiger charge is -2.07. The highest BCUT2D eigenvalue weighted by atomic mass is 35.5. The molecule has 3 rings (SSSR count). The molecule has 20 heavy (non-hydrogen) atoms. The number of hydrogen-bond donors (Lipinski definition) is 1. The van der Waals surface area contributed by atoms with Gasteiger partial charge in [0.25, 0.3) is 0 Å². The van der Waals surface area contributed by atoms with E-state index in [2.05, 4.69) is 10.3 Å². The fourth-order valence-electron chi connectivity index (χ4n) is 2.11. The molecule has 0 fully saturated rings. The molecule has 0 amide bonds. The second kappa shape index (κ2) is 5.13. The zero-order valence-corrected chi connectivity index (χ0v) is 11.7. The molecular weight excluding hydrogens is 277 g/mol. The molecule has 1 N–H and O–H groups in total. The average Bonchev–Trinajstić information content (AvgIpc) is 2.79. The van der Waals surface area contributed by atoms with E-state index in [1.165, 1.54) is 12.1 Å². The lowest BCUT2D eigenvalue weighted by Crippen LogP contribution is -2.01. The topological polar surface area (TPSA) is 29.3 Å². The first kappa shape index (κ1) is 12.9. The first-order chi connectivity index (χ1) is 9.61. The summed E-state index contributed by atoms with van der Waals surface area (Å²) in [6, 6.07) is 8.36. The Morgan fingerprint density at radius 1 is 1.25 bits per heavy atom. The van der Waals surface area contributed by atoms with Crippen molar-refractivity contribution in [1.29, 1.82) is 0 Å². The summed E-state index contributed by atoms with van der Waals surface area (Å²) in [6.45, 7) is 2.45. The molecule has 1 aromatic carbocycles. The molecule has 0 bridgehead atoms. The minimum atomic E-state index is -0.226. The van der Waals surface area contributed by atoms with Crippen molar-refractivity contribution in [3.8, 4) is 0 Å². The summed E-state index contributed by atoms with van der Waals surface area (Å²) in [6.07, 6.45) is 3.74. The van der Waals surface area contributed by atoms with Crippen LogP contribution in [0.4, 0.5) is 10.1 Å². The van der Waals surface area contributed by atoms with E-state index in [1.54, 1.807) is 6.07 Å². The Balaban J connectivity index is 1.79. The Morgan fingerprint density at radius 3 is 2.90 bits per heavy atom. The molecule has 2 heterocycles. The van der Waals surface area contributed by atoms with E-state index in [0.29, 0.717) is 11.6 Å². The van der Waals surface area contributed by atoms with Gasteiger partial charge in [0, 0.05) is 18.1 Å². The van der Waals surface area contributed by atoms with E-state index in [-0.39, 0.29) is 5.82 Å². The van der Waals surface area contributed by atoms with E-state index in [9.17, 15) is 4.39 Å². The van der Waals surface area contributed by atoms with Gasteiger partial charge in [-0.05, 0) is 42.8 Å². The quantitative estimate of drug-likeness (QED) is 0.788. The van der Waals surface area contributed by atoms with Crippen molar-refractivity contribution in [3.63, 3.8) is 0 Å². The largest absolute Gasteiger partial charge is 0.379 e. The van der Waals surface area contributed by atoms with Crippen molar-refractivity contribution in [3.05, 3.63) is 64.8 Å². The molecule has 0 radical (unpaired) electrons. The molecule has 3 aromatic rings. The van der Waals surface area contributed by atoms with Gasteiger partial charge < -0.3 is 9.72 Å². The van der Waals surface area contributed by atoms with Crippen molar-refractivity contribution in [2.24, 2.45) is 0 Å². The van der Waals surface area contributed by atoms with Crippen molar-refractivity contribution in [1.82, 2.24) is 9.38 Å². The van der Waals surface area contributed by atoms with Crippen molar-refractivity contribution in [2.45, 2.75) is 13.5 Å². The first-order valence-electron chi connectivity index (χ1n) is 6.25. The van der Waals surface area contributed by atoms with Crippen LogP contribution < -0.4 is 5.32 Å². The van der Waals surface area contributed by atoms with E-state index in [1.807, 2.05) is 35.9 Å². The molecule has 0 atom stereocenters. The number of nitrogens with zero attached hydrogens (tertiary/aromatic N) is 2. The highest BCUT2D eigenvalue weighted by Crippen LogP contribution is 2.17. The molecule has 2 aromatic heterocycles. The Labute approximate surface area is 121 Å². The van der Waals surface area contributed by atoms with E-state index >= 15 is 0 Å². The van der Waals surface area contributed by atoms with Crippen LogP contribution in [0, 0.1) is 12.7 Å². The van der Waals surface area contributed by atoms with Crippen LogP contribution in [0.1, 0.15) is 11.3 Å². The predicted octanol–water partition coefficient (Wildman–Crippen LogP) is 4.05. The SMILES string of the molecule is Cc1cc(F)ccc1NCc1cn2cc(Cl)ccc2n1. The van der Waals surface area contributed by atoms with Gasteiger partial charge in [-0.25, -0.2) is 9.37 Å². The summed E-state index contributed by atoms with van der Waals surface area (Å²) in [4.78, 5) is 4.48. The number of aryl methyl sites for hydroxylation is 1. The van der Waals surface area contributed by atoms with Crippen molar-refractivity contribution < 1.29 is 4.39 Å². The number of anilines is 1. The Hall–Kier alpha value is -2.07. The number of rotatable bonds is 3. The van der Waals surface area contributed by atoms with Crippen LogP contribution in [0.2, 0.25) is 5.02 Å². The van der Waals surface area contributed by atoms with Crippen LogP contribution >= 0.6 is 11.6 Å². The molecule has 0 spiro atoms. The van der Waals surface area contributed by atoms with Crippen LogP contribution in [-0.2, 0) is 6.54 Å². The van der Waals surface area contributed by atoms with E-state index in [0.717, 1.165) is 22.6 Å². The third-order valence-electron chi connectivity index (χ3n) is 3.11. The van der Waals surface area contributed by atoms with Crippen molar-refractivity contribution >= 4 is 22.9 Å². The number of fused-ring (bicyclic) bond motifs is 1. The molecule has 102 valence electrons. The van der Waals surface area contributed by atoms with Crippen LogP contribution in [0.25, 0.3) is 5.65 Å². The molecule has 0 aliphatic carbocycles. The average molecular weight is 290 g/mol. The third kappa shape index (κ3) is 2.60. The summed E-state index contributed by atoms with van der Waals surface area (Å²) in [7, 11) is 0. The number of benzene rings is 1. The fraction of sp³-hybridized carbons (Fsp3) is 0.133. The zero-order valence-electron chi connectivity index (χ0n) is 10.9. The van der Waals surface area contributed by atoms with Crippen LogP contribution in [0.3, 0.4) is 0 Å². The molecule has 0 saturated heterocycles. The Bertz CT molecular complexity index is 767. The number of pyridine rings is 1. The Kier molecular flexibility index (Phi) is 3.32. The number of halogens is 2. The van der Waals surface area contributed by atoms with Gasteiger partial charge in [0.1, 0.15) is 11.5 Å². The highest BCUT2D eigenvalue weighted by molar-refractivity contribution is 6.30. The molecule has 0 aliphatic rings. The standard InChI is InChI=1S/C15H13ClFN3/c1-10-6-12(17)3-4-14(10)18-7-13-9-20-8-11(16)2-5-15(20)19-13/h2-6,8-9,18H,7H2,1H3. The maximum Gasteiger partial charge on any atom is 0.137 e. The second-order valence-corrected chi connectivity index (χ2v) is 5.09. The van der Waals surface area contributed by atoms with Gasteiger partial charge in [0.2, 0.25) is 0 Å². The zero-order chi connectivity index (χ0) is 14.1. The number of imidazole rings is 1. The molecule has 0 aliphatic heterocycles. The van der Waals surface area contributed by atoms with Gasteiger partial charge >= 0.3 is 0 Å². The van der Waals surface area contributed by atoms with E-state index in [4.69, 9.17) is 11.6 Å². The maximum atomic E-state index is 13.0. The maximum absolute atomic E-state index is 13.0. The summed E-state index contributed by atoms with van der Waals surface area (Å²) in [5.74, 6) is -0.226. The minimum Gasteiger partial charge on any atom is -0.379 e. The number of nitrogens with one attached hydrogen (secondary N) is 1. The third-order valence-corrected chi connectivity index (χ3v) is 3.34. The van der Waals surface area contributed by atoms with Crippen LogP contribution in [-0.4, -0.2) is 9.38 Å². The monoisotopic (exact) mass is 289 g/mol. The van der Waals surface area contributed by atoms with Gasteiger partial charge in [-0.15, -0.1) is 0 Å². The van der Waals surface area contributed by atoms with Gasteiger partial charge in [0.15, 0.2) is 0 Å². The minimum absolute atomic E-state index is 0.226. The number of hydrogen-bond acceptors (Lipinski definition) is 2. The van der Waals surface area contributed by atoms with Crippen molar-refractivity contribution in [2.75, 3.05) is 5.32 Å². The fourth-order valence-corrected chi connectivity index (χ4v) is 2.28. The molecule has 5 heteroatoms. The smallest absolute Gasteiger partial charge is 0.137 e. The summed E-state index contributed by atoms with van der Waals surface area (Å²) in [5, 5.41) is 3.93. The van der Waals surface area contributed by atoms with E-state index < -0.39 is 0 Å². The normalized spacial score (nSPS) is 10.9. The highest BCUT2D eigenvalue weighted by Gasteiger charge is 2.04. The van der Waals surface area contributed by atoms with Gasteiger partial charge in [-0.2, -0.15) is 0 Å². The predicted molar refractivity (Wildman–Crippen MR) is 78.7 cm³/mol. The number of aromatic nitrogens is 2. The lowest BCUT2D eigenvalue weighted by atomic mass is 10.2. The van der Waals surface area contributed by atoms with Gasteiger partial charge in [0.05, 0.1) is 17.3 Å². The lowest BCUT2D eigenvalue weighted by molar-refractivity contribution is 0.627. The van der Waals surface area contributed by atoms with Gasteiger partial charge in [-0.1, -0.05) is 11.6 Å². The summed E-state index contributed by atoms with van der Waals surface area (Å²) < 4.78 is 14.9.